The Kier molecular flexibility index (Phi) is 7.10. The molecule has 2 heterocycles. The average Bonchev–Trinajstić information content (AvgIpc) is 3.20. The van der Waals surface area contributed by atoms with Crippen molar-refractivity contribution in [3.8, 4) is 0 Å². The van der Waals surface area contributed by atoms with E-state index in [1.165, 1.54) is 0 Å². The summed E-state index contributed by atoms with van der Waals surface area (Å²) in [5.74, 6) is -0.942. The van der Waals surface area contributed by atoms with E-state index in [4.69, 9.17) is 9.47 Å². The summed E-state index contributed by atoms with van der Waals surface area (Å²) in [5.41, 5.74) is -0.717. The molecule has 0 aliphatic carbocycles. The van der Waals surface area contributed by atoms with Gasteiger partial charge in [0.05, 0.1) is 0 Å². The van der Waals surface area contributed by atoms with E-state index in [0.717, 1.165) is 9.91 Å². The molecule has 26 heavy (non-hydrogen) atoms. The van der Waals surface area contributed by atoms with Gasteiger partial charge in [-0.1, -0.05) is 0 Å². The molecular formula is C17H25N3O5S. The van der Waals surface area contributed by atoms with Crippen molar-refractivity contribution in [3.63, 3.8) is 0 Å². The highest BCUT2D eigenvalue weighted by molar-refractivity contribution is 7.09. The molecule has 1 atom stereocenters. The highest BCUT2D eigenvalue weighted by Gasteiger charge is 2.37. The molecule has 1 aromatic rings. The molecule has 1 saturated heterocycles. The third kappa shape index (κ3) is 6.38. The lowest BCUT2D eigenvalue weighted by atomic mass is 10.2. The van der Waals surface area contributed by atoms with E-state index in [-0.39, 0.29) is 13.0 Å². The number of hydrogen-bond donors (Lipinski definition) is 1. The number of nitrogens with zero attached hydrogens (tertiary/aromatic N) is 2. The number of hydrogen-bond acceptors (Lipinski definition) is 8. The van der Waals surface area contributed by atoms with Crippen LogP contribution in [0.1, 0.15) is 45.0 Å². The predicted octanol–water partition coefficient (Wildman–Crippen LogP) is 2.09. The summed E-state index contributed by atoms with van der Waals surface area (Å²) in [7, 11) is 0. The molecule has 9 heteroatoms. The summed E-state index contributed by atoms with van der Waals surface area (Å²) in [5, 5.41) is 6.10. The second-order valence-electron chi connectivity index (χ2n) is 6.94. The molecule has 144 valence electrons. The summed E-state index contributed by atoms with van der Waals surface area (Å²) in [4.78, 5) is 41.5. The topological polar surface area (TPSA) is 97.8 Å². The maximum atomic E-state index is 12.6. The SMILES string of the molecule is CC(C)(C)OC(=O)N(CCCNCc1nccs1)C(=O)[C@@H]1CCC(=O)O1. The minimum atomic E-state index is -0.904. The number of ether oxygens (including phenoxy) is 2. The van der Waals surface area contributed by atoms with Crippen molar-refractivity contribution in [1.29, 1.82) is 0 Å². The molecule has 0 spiro atoms. The molecule has 1 N–H and O–H groups in total. The maximum Gasteiger partial charge on any atom is 0.417 e. The van der Waals surface area contributed by atoms with Crippen LogP contribution in [-0.2, 0) is 25.6 Å². The summed E-state index contributed by atoms with van der Waals surface area (Å²) >= 11 is 1.56. The van der Waals surface area contributed by atoms with Gasteiger partial charge in [0.15, 0.2) is 6.10 Å². The number of aromatic nitrogens is 1. The molecule has 0 radical (unpaired) electrons. The van der Waals surface area contributed by atoms with E-state index < -0.39 is 29.7 Å². The van der Waals surface area contributed by atoms with Crippen LogP contribution in [0.25, 0.3) is 0 Å². The standard InChI is InChI=1S/C17H25N3O5S/c1-17(2,3)25-16(23)20(15(22)12-5-6-14(21)24-12)9-4-7-18-11-13-19-8-10-26-13/h8,10,12,18H,4-7,9,11H2,1-3H3/t12-/m0/s1. The third-order valence-corrected chi connectivity index (χ3v) is 4.31. The van der Waals surface area contributed by atoms with Crippen molar-refractivity contribution < 1.29 is 23.9 Å². The van der Waals surface area contributed by atoms with Gasteiger partial charge in [-0.2, -0.15) is 0 Å². The van der Waals surface area contributed by atoms with Crippen molar-refractivity contribution in [2.75, 3.05) is 13.1 Å². The van der Waals surface area contributed by atoms with Crippen LogP contribution in [-0.4, -0.2) is 52.6 Å². The van der Waals surface area contributed by atoms with Crippen molar-refractivity contribution in [3.05, 3.63) is 16.6 Å². The van der Waals surface area contributed by atoms with Crippen LogP contribution < -0.4 is 5.32 Å². The van der Waals surface area contributed by atoms with Crippen LogP contribution in [0.4, 0.5) is 4.79 Å². The molecule has 0 saturated carbocycles. The first-order valence-electron chi connectivity index (χ1n) is 8.59. The molecular weight excluding hydrogens is 358 g/mol. The van der Waals surface area contributed by atoms with Gasteiger partial charge in [-0.25, -0.2) is 14.7 Å². The Labute approximate surface area is 156 Å². The Morgan fingerprint density at radius 1 is 1.46 bits per heavy atom. The van der Waals surface area contributed by atoms with Crippen molar-refractivity contribution in [2.24, 2.45) is 0 Å². The van der Waals surface area contributed by atoms with E-state index in [0.29, 0.717) is 25.9 Å². The summed E-state index contributed by atoms with van der Waals surface area (Å²) in [6, 6.07) is 0. The Balaban J connectivity index is 1.88. The van der Waals surface area contributed by atoms with Gasteiger partial charge in [0.1, 0.15) is 10.6 Å². The van der Waals surface area contributed by atoms with Crippen LogP contribution in [0, 0.1) is 0 Å². The van der Waals surface area contributed by atoms with Crippen molar-refractivity contribution in [2.45, 2.75) is 58.3 Å². The molecule has 0 unspecified atom stereocenters. The van der Waals surface area contributed by atoms with E-state index in [9.17, 15) is 14.4 Å². The molecule has 1 fully saturated rings. The molecule has 1 aliphatic rings. The van der Waals surface area contributed by atoms with Gasteiger partial charge in [0.25, 0.3) is 5.91 Å². The van der Waals surface area contributed by atoms with Gasteiger partial charge >= 0.3 is 12.1 Å². The molecule has 2 rings (SSSR count). The molecule has 8 nitrogen and oxygen atoms in total. The van der Waals surface area contributed by atoms with Gasteiger partial charge < -0.3 is 14.8 Å². The fourth-order valence-electron chi connectivity index (χ4n) is 2.38. The maximum absolute atomic E-state index is 12.6. The Bertz CT molecular complexity index is 627. The van der Waals surface area contributed by atoms with Gasteiger partial charge in [-0.3, -0.25) is 9.59 Å². The fraction of sp³-hybridized carbons (Fsp3) is 0.647. The second kappa shape index (κ2) is 9.09. The second-order valence-corrected chi connectivity index (χ2v) is 7.92. The van der Waals surface area contributed by atoms with Gasteiger partial charge in [-0.15, -0.1) is 11.3 Å². The number of thiazole rings is 1. The Hall–Kier alpha value is -2.00. The number of nitrogens with one attached hydrogen (secondary N) is 1. The molecule has 1 aromatic heterocycles. The molecule has 0 bridgehead atoms. The quantitative estimate of drug-likeness (QED) is 0.569. The van der Waals surface area contributed by atoms with E-state index in [1.54, 1.807) is 38.3 Å². The van der Waals surface area contributed by atoms with E-state index in [2.05, 4.69) is 10.3 Å². The van der Waals surface area contributed by atoms with E-state index >= 15 is 0 Å². The summed E-state index contributed by atoms with van der Waals surface area (Å²) in [6.45, 7) is 6.64. The van der Waals surface area contributed by atoms with Gasteiger partial charge in [0, 0.05) is 37.5 Å². The minimum absolute atomic E-state index is 0.187. The Morgan fingerprint density at radius 3 is 2.81 bits per heavy atom. The van der Waals surface area contributed by atoms with Crippen LogP contribution in [0.3, 0.4) is 0 Å². The first kappa shape index (κ1) is 20.3. The molecule has 0 aromatic carbocycles. The van der Waals surface area contributed by atoms with Crippen LogP contribution >= 0.6 is 11.3 Å². The normalized spacial score (nSPS) is 17.0. The minimum Gasteiger partial charge on any atom is -0.452 e. The van der Waals surface area contributed by atoms with Crippen LogP contribution in [0.2, 0.25) is 0 Å². The van der Waals surface area contributed by atoms with Crippen LogP contribution in [0.15, 0.2) is 11.6 Å². The zero-order chi connectivity index (χ0) is 19.2. The third-order valence-electron chi connectivity index (χ3n) is 3.53. The average molecular weight is 383 g/mol. The lowest BCUT2D eigenvalue weighted by molar-refractivity contribution is -0.152. The van der Waals surface area contributed by atoms with Crippen LogP contribution in [0.5, 0.6) is 0 Å². The fourth-order valence-corrected chi connectivity index (χ4v) is 2.97. The number of esters is 1. The first-order valence-corrected chi connectivity index (χ1v) is 9.47. The molecule has 1 aliphatic heterocycles. The Morgan fingerprint density at radius 2 is 2.23 bits per heavy atom. The number of imide groups is 1. The number of amides is 2. The highest BCUT2D eigenvalue weighted by Crippen LogP contribution is 2.18. The summed E-state index contributed by atoms with van der Waals surface area (Å²) in [6.07, 6.45) is 1.15. The van der Waals surface area contributed by atoms with E-state index in [1.807, 2.05) is 5.38 Å². The lowest BCUT2D eigenvalue weighted by Crippen LogP contribution is -2.46. The first-order chi connectivity index (χ1) is 12.3. The highest BCUT2D eigenvalue weighted by atomic mass is 32.1. The zero-order valence-corrected chi connectivity index (χ0v) is 16.1. The number of rotatable bonds is 7. The van der Waals surface area contributed by atoms with Gasteiger partial charge in [0.2, 0.25) is 0 Å². The number of carbonyl (C=O) groups excluding carboxylic acids is 3. The molecule has 2 amide bonds. The van der Waals surface area contributed by atoms with Crippen molar-refractivity contribution in [1.82, 2.24) is 15.2 Å². The lowest BCUT2D eigenvalue weighted by Gasteiger charge is -2.27. The monoisotopic (exact) mass is 383 g/mol. The number of carbonyl (C=O) groups is 3. The summed E-state index contributed by atoms with van der Waals surface area (Å²) < 4.78 is 10.3. The van der Waals surface area contributed by atoms with Gasteiger partial charge in [-0.05, 0) is 33.7 Å². The zero-order valence-electron chi connectivity index (χ0n) is 15.3. The largest absolute Gasteiger partial charge is 0.452 e. The number of cyclic esters (lactones) is 1. The van der Waals surface area contributed by atoms with Crippen molar-refractivity contribution >= 4 is 29.3 Å². The smallest absolute Gasteiger partial charge is 0.417 e. The predicted molar refractivity (Wildman–Crippen MR) is 95.5 cm³/mol.